The zero-order chi connectivity index (χ0) is 17.6. The van der Waals surface area contributed by atoms with Crippen LogP contribution in [-0.2, 0) is 4.79 Å². The van der Waals surface area contributed by atoms with Gasteiger partial charge in [0, 0.05) is 23.6 Å². The quantitative estimate of drug-likeness (QED) is 0.390. The number of fused-ring (bicyclic) bond motifs is 1. The minimum Gasteiger partial charge on any atom is -0.487 e. The number of H-pyrrole nitrogens is 1. The van der Waals surface area contributed by atoms with E-state index < -0.39 is 4.92 Å². The van der Waals surface area contributed by atoms with Crippen molar-refractivity contribution in [3.63, 3.8) is 0 Å². The molecule has 0 fully saturated rings. The van der Waals surface area contributed by atoms with E-state index in [0.717, 1.165) is 10.9 Å². The molecule has 3 aromatic rings. The summed E-state index contributed by atoms with van der Waals surface area (Å²) in [7, 11) is 0. The summed E-state index contributed by atoms with van der Waals surface area (Å²) >= 11 is 0. The van der Waals surface area contributed by atoms with Crippen LogP contribution >= 0.6 is 0 Å². The van der Waals surface area contributed by atoms with Crippen molar-refractivity contribution < 1.29 is 14.5 Å². The Morgan fingerprint density at radius 3 is 2.96 bits per heavy atom. The molecule has 0 aliphatic heterocycles. The largest absolute Gasteiger partial charge is 0.487 e. The number of nitro benzene ring substituents is 1. The van der Waals surface area contributed by atoms with E-state index >= 15 is 0 Å². The first kappa shape index (κ1) is 16.4. The van der Waals surface area contributed by atoms with Crippen LogP contribution in [0.25, 0.3) is 10.9 Å². The van der Waals surface area contributed by atoms with Crippen molar-refractivity contribution in [3.8, 4) is 5.75 Å². The highest BCUT2D eigenvalue weighted by Crippen LogP contribution is 2.25. The highest BCUT2D eigenvalue weighted by Gasteiger charge is 2.13. The van der Waals surface area contributed by atoms with E-state index in [-0.39, 0.29) is 30.4 Å². The van der Waals surface area contributed by atoms with Crippen molar-refractivity contribution in [1.82, 2.24) is 10.2 Å². The van der Waals surface area contributed by atoms with Gasteiger partial charge in [-0.15, -0.1) is 0 Å². The molecule has 0 saturated carbocycles. The van der Waals surface area contributed by atoms with E-state index in [9.17, 15) is 14.9 Å². The molecule has 0 spiro atoms. The number of nitrogens with zero attached hydrogens (tertiary/aromatic N) is 2. The Bertz CT molecular complexity index is 906. The van der Waals surface area contributed by atoms with Gasteiger partial charge in [-0.05, 0) is 30.7 Å². The first-order valence-electron chi connectivity index (χ1n) is 7.73. The van der Waals surface area contributed by atoms with E-state index in [2.05, 4.69) is 15.5 Å². The van der Waals surface area contributed by atoms with Gasteiger partial charge in [-0.2, -0.15) is 5.10 Å². The van der Waals surface area contributed by atoms with E-state index in [1.807, 2.05) is 12.1 Å². The molecule has 0 aliphatic carbocycles. The van der Waals surface area contributed by atoms with Crippen LogP contribution in [0.4, 0.5) is 11.4 Å². The lowest BCUT2D eigenvalue weighted by atomic mass is 10.2. The summed E-state index contributed by atoms with van der Waals surface area (Å²) in [6.45, 7) is 0.220. The minimum atomic E-state index is -0.492. The fourth-order valence-electron chi connectivity index (χ4n) is 2.38. The molecule has 1 amide bonds. The summed E-state index contributed by atoms with van der Waals surface area (Å²) in [6.07, 6.45) is 2.41. The lowest BCUT2D eigenvalue weighted by Gasteiger charge is -2.07. The molecule has 2 aromatic carbocycles. The summed E-state index contributed by atoms with van der Waals surface area (Å²) in [5, 5.41) is 21.4. The van der Waals surface area contributed by atoms with Crippen molar-refractivity contribution in [2.24, 2.45) is 0 Å². The third-order valence-corrected chi connectivity index (χ3v) is 3.59. The highest BCUT2D eigenvalue weighted by atomic mass is 16.6. The molecule has 0 unspecified atom stereocenters. The van der Waals surface area contributed by atoms with Crippen LogP contribution in [0.2, 0.25) is 0 Å². The monoisotopic (exact) mass is 340 g/mol. The topological polar surface area (TPSA) is 110 Å². The van der Waals surface area contributed by atoms with Crippen LogP contribution in [0.5, 0.6) is 5.75 Å². The second-order valence-corrected chi connectivity index (χ2v) is 5.40. The predicted octanol–water partition coefficient (Wildman–Crippen LogP) is 3.27. The Labute approximate surface area is 143 Å². The van der Waals surface area contributed by atoms with Crippen LogP contribution in [0.1, 0.15) is 12.8 Å². The lowest BCUT2D eigenvalue weighted by Crippen LogP contribution is -2.12. The smallest absolute Gasteiger partial charge is 0.310 e. The number of carbonyl (C=O) groups is 1. The Kier molecular flexibility index (Phi) is 4.89. The number of benzene rings is 2. The summed E-state index contributed by atoms with van der Waals surface area (Å²) in [6, 6.07) is 11.6. The third kappa shape index (κ3) is 4.11. The number of nitrogens with one attached hydrogen (secondary N) is 2. The fraction of sp³-hybridized carbons (Fsp3) is 0.176. The van der Waals surface area contributed by atoms with Gasteiger partial charge in [0.15, 0.2) is 5.75 Å². The number of ether oxygens (including phenoxy) is 1. The number of hydrogen-bond acceptors (Lipinski definition) is 5. The summed E-state index contributed by atoms with van der Waals surface area (Å²) in [5.74, 6) is 0.0580. The van der Waals surface area contributed by atoms with Gasteiger partial charge in [-0.25, -0.2) is 0 Å². The van der Waals surface area contributed by atoms with Crippen molar-refractivity contribution >= 4 is 28.2 Å². The van der Waals surface area contributed by atoms with Crippen LogP contribution in [0, 0.1) is 10.1 Å². The number of rotatable bonds is 7. The lowest BCUT2D eigenvalue weighted by molar-refractivity contribution is -0.385. The van der Waals surface area contributed by atoms with Crippen LogP contribution < -0.4 is 10.1 Å². The number of carbonyl (C=O) groups excluding carboxylic acids is 1. The molecule has 0 saturated heterocycles. The standard InChI is InChI=1S/C17H16N4O4/c22-17(19-13-8-7-12-11-18-20-14(12)10-13)6-3-9-25-16-5-2-1-4-15(16)21(23)24/h1-2,4-5,7-8,10-11H,3,6,9H2,(H,18,20)(H,19,22). The van der Waals surface area contributed by atoms with Crippen LogP contribution in [0.15, 0.2) is 48.7 Å². The summed E-state index contributed by atoms with van der Waals surface area (Å²) < 4.78 is 5.41. The maximum atomic E-state index is 12.0. The zero-order valence-corrected chi connectivity index (χ0v) is 13.3. The second-order valence-electron chi connectivity index (χ2n) is 5.40. The molecule has 128 valence electrons. The summed E-state index contributed by atoms with van der Waals surface area (Å²) in [5.41, 5.74) is 1.44. The summed E-state index contributed by atoms with van der Waals surface area (Å²) in [4.78, 5) is 22.4. The van der Waals surface area contributed by atoms with Gasteiger partial charge in [0.25, 0.3) is 0 Å². The third-order valence-electron chi connectivity index (χ3n) is 3.59. The molecule has 3 rings (SSSR count). The average molecular weight is 340 g/mol. The predicted molar refractivity (Wildman–Crippen MR) is 92.5 cm³/mol. The van der Waals surface area contributed by atoms with Crippen molar-refractivity contribution in [3.05, 3.63) is 58.8 Å². The Balaban J connectivity index is 1.47. The molecule has 0 bridgehead atoms. The van der Waals surface area contributed by atoms with Gasteiger partial charge in [-0.3, -0.25) is 20.0 Å². The molecular formula is C17H16N4O4. The number of para-hydroxylation sites is 2. The van der Waals surface area contributed by atoms with Gasteiger partial charge >= 0.3 is 5.69 Å². The van der Waals surface area contributed by atoms with Gasteiger partial charge in [0.2, 0.25) is 5.91 Å². The van der Waals surface area contributed by atoms with Crippen LogP contribution in [-0.4, -0.2) is 27.6 Å². The van der Waals surface area contributed by atoms with Gasteiger partial charge in [0.05, 0.1) is 23.2 Å². The van der Waals surface area contributed by atoms with Gasteiger partial charge < -0.3 is 10.1 Å². The number of hydrogen-bond donors (Lipinski definition) is 2. The van der Waals surface area contributed by atoms with E-state index in [1.165, 1.54) is 12.1 Å². The molecule has 0 aliphatic rings. The molecule has 0 atom stereocenters. The number of nitro groups is 1. The molecule has 25 heavy (non-hydrogen) atoms. The molecular weight excluding hydrogens is 324 g/mol. The maximum absolute atomic E-state index is 12.0. The van der Waals surface area contributed by atoms with E-state index in [4.69, 9.17) is 4.74 Å². The zero-order valence-electron chi connectivity index (χ0n) is 13.3. The first-order chi connectivity index (χ1) is 12.1. The molecule has 1 aromatic heterocycles. The number of aromatic amines is 1. The fourth-order valence-corrected chi connectivity index (χ4v) is 2.38. The Morgan fingerprint density at radius 2 is 2.12 bits per heavy atom. The number of amides is 1. The van der Waals surface area contributed by atoms with Crippen molar-refractivity contribution in [2.45, 2.75) is 12.8 Å². The normalized spacial score (nSPS) is 10.6. The SMILES string of the molecule is O=C(CCCOc1ccccc1[N+](=O)[O-])Nc1ccc2cn[nH]c2c1. The molecule has 1 heterocycles. The van der Waals surface area contributed by atoms with Crippen molar-refractivity contribution in [1.29, 1.82) is 0 Å². The molecule has 2 N–H and O–H groups in total. The first-order valence-corrected chi connectivity index (χ1v) is 7.73. The highest BCUT2D eigenvalue weighted by molar-refractivity contribution is 5.93. The van der Waals surface area contributed by atoms with Crippen LogP contribution in [0.3, 0.4) is 0 Å². The molecule has 8 nitrogen and oxygen atoms in total. The van der Waals surface area contributed by atoms with E-state index in [1.54, 1.807) is 24.4 Å². The van der Waals surface area contributed by atoms with Gasteiger partial charge in [0.1, 0.15) is 0 Å². The Hall–Kier alpha value is -3.42. The van der Waals surface area contributed by atoms with E-state index in [0.29, 0.717) is 12.1 Å². The van der Waals surface area contributed by atoms with Gasteiger partial charge in [-0.1, -0.05) is 12.1 Å². The molecule has 8 heteroatoms. The second kappa shape index (κ2) is 7.43. The average Bonchev–Trinajstić information content (AvgIpc) is 3.06. The Morgan fingerprint density at radius 1 is 1.28 bits per heavy atom. The minimum absolute atomic E-state index is 0.0835. The number of aromatic nitrogens is 2. The maximum Gasteiger partial charge on any atom is 0.310 e. The molecule has 0 radical (unpaired) electrons. The number of anilines is 1. The van der Waals surface area contributed by atoms with Crippen molar-refractivity contribution in [2.75, 3.05) is 11.9 Å².